The number of fused-ring (bicyclic) bond motifs is 1. The zero-order chi connectivity index (χ0) is 15.4. The third-order valence-corrected chi connectivity index (χ3v) is 3.48. The predicted molar refractivity (Wildman–Crippen MR) is 94.5 cm³/mol. The van der Waals surface area contributed by atoms with Crippen molar-refractivity contribution < 1.29 is 0 Å². The van der Waals surface area contributed by atoms with E-state index in [2.05, 4.69) is 35.4 Å². The summed E-state index contributed by atoms with van der Waals surface area (Å²) in [5, 5.41) is 0. The van der Waals surface area contributed by atoms with E-state index in [-0.39, 0.29) is 0 Å². The molecule has 0 unspecified atom stereocenters. The van der Waals surface area contributed by atoms with Crippen molar-refractivity contribution in [3.8, 4) is 11.4 Å². The topological polar surface area (TPSA) is 17.8 Å². The first-order valence-electron chi connectivity index (χ1n) is 7.34. The molecule has 108 valence electrons. The fourth-order valence-corrected chi connectivity index (χ4v) is 2.56. The summed E-state index contributed by atoms with van der Waals surface area (Å²) in [5.41, 5.74) is 4.22. The lowest BCUT2D eigenvalue weighted by atomic mass is 10.2. The summed E-state index contributed by atoms with van der Waals surface area (Å²) in [7, 11) is 0. The third kappa shape index (κ3) is 2.51. The van der Waals surface area contributed by atoms with Crippen LogP contribution < -0.4 is 0 Å². The molecule has 2 aromatic carbocycles. The van der Waals surface area contributed by atoms with Crippen LogP contribution >= 0.6 is 0 Å². The summed E-state index contributed by atoms with van der Waals surface area (Å²) < 4.78 is 2.17. The van der Waals surface area contributed by atoms with E-state index in [1.54, 1.807) is 6.08 Å². The quantitative estimate of drug-likeness (QED) is 0.594. The second kappa shape index (κ2) is 6.27. The standard InChI is InChI=1S/C20H18N2/c1-3-10-17(11-4-2)22-19-15-9-8-14-18(19)21-20(22)16-12-6-5-7-13-16/h3-15H,1H2,2H3/b11-4-,17-10+. The molecule has 0 aliphatic heterocycles. The van der Waals surface area contributed by atoms with E-state index in [0.717, 1.165) is 28.1 Å². The van der Waals surface area contributed by atoms with Gasteiger partial charge in [0.15, 0.2) is 0 Å². The first kappa shape index (κ1) is 14.1. The summed E-state index contributed by atoms with van der Waals surface area (Å²) >= 11 is 0. The van der Waals surface area contributed by atoms with Crippen molar-refractivity contribution >= 4 is 16.7 Å². The lowest BCUT2D eigenvalue weighted by Gasteiger charge is -2.10. The zero-order valence-electron chi connectivity index (χ0n) is 12.6. The van der Waals surface area contributed by atoms with Gasteiger partial charge in [-0.05, 0) is 31.2 Å². The molecule has 0 saturated heterocycles. The van der Waals surface area contributed by atoms with E-state index in [1.807, 2.05) is 55.5 Å². The Morgan fingerprint density at radius 1 is 1.05 bits per heavy atom. The molecular formula is C20H18N2. The maximum absolute atomic E-state index is 4.82. The molecule has 2 heteroatoms. The van der Waals surface area contributed by atoms with Crippen LogP contribution in [0.2, 0.25) is 0 Å². The van der Waals surface area contributed by atoms with Gasteiger partial charge in [-0.1, -0.05) is 61.2 Å². The van der Waals surface area contributed by atoms with E-state index in [4.69, 9.17) is 4.98 Å². The van der Waals surface area contributed by atoms with Gasteiger partial charge < -0.3 is 0 Å². The van der Waals surface area contributed by atoms with E-state index in [0.29, 0.717) is 0 Å². The number of hydrogen-bond acceptors (Lipinski definition) is 1. The highest BCUT2D eigenvalue weighted by Crippen LogP contribution is 2.28. The van der Waals surface area contributed by atoms with Gasteiger partial charge in [0, 0.05) is 11.3 Å². The molecule has 22 heavy (non-hydrogen) atoms. The van der Waals surface area contributed by atoms with Crippen LogP contribution in [0.3, 0.4) is 0 Å². The molecule has 0 fully saturated rings. The highest BCUT2D eigenvalue weighted by molar-refractivity contribution is 5.86. The van der Waals surface area contributed by atoms with Crippen molar-refractivity contribution in [1.29, 1.82) is 0 Å². The molecule has 3 aromatic rings. The highest BCUT2D eigenvalue weighted by atomic mass is 15.1. The molecule has 1 aromatic heterocycles. The Hall–Kier alpha value is -2.87. The molecule has 0 aliphatic rings. The van der Waals surface area contributed by atoms with Gasteiger partial charge in [0.2, 0.25) is 0 Å². The molecule has 0 spiro atoms. The summed E-state index contributed by atoms with van der Waals surface area (Å²) in [5.74, 6) is 0.938. The minimum Gasteiger partial charge on any atom is -0.292 e. The highest BCUT2D eigenvalue weighted by Gasteiger charge is 2.13. The average molecular weight is 286 g/mol. The Morgan fingerprint density at radius 3 is 2.50 bits per heavy atom. The Labute approximate surface area is 130 Å². The second-order valence-electron chi connectivity index (χ2n) is 4.95. The normalized spacial score (nSPS) is 12.1. The van der Waals surface area contributed by atoms with E-state index in [1.165, 1.54) is 0 Å². The van der Waals surface area contributed by atoms with E-state index >= 15 is 0 Å². The molecule has 0 aliphatic carbocycles. The van der Waals surface area contributed by atoms with Crippen LogP contribution in [0.25, 0.3) is 28.1 Å². The van der Waals surface area contributed by atoms with Gasteiger partial charge >= 0.3 is 0 Å². The number of para-hydroxylation sites is 2. The van der Waals surface area contributed by atoms with Crippen molar-refractivity contribution in [3.05, 3.63) is 85.5 Å². The summed E-state index contributed by atoms with van der Waals surface area (Å²) in [6.07, 6.45) is 7.90. The van der Waals surface area contributed by atoms with Crippen LogP contribution in [-0.4, -0.2) is 9.55 Å². The molecule has 1 heterocycles. The maximum atomic E-state index is 4.82. The van der Waals surface area contributed by atoms with Crippen LogP contribution in [0.5, 0.6) is 0 Å². The maximum Gasteiger partial charge on any atom is 0.145 e. The Balaban J connectivity index is 2.35. The fraction of sp³-hybridized carbons (Fsp3) is 0.0500. The van der Waals surface area contributed by atoms with Crippen molar-refractivity contribution in [2.45, 2.75) is 6.92 Å². The van der Waals surface area contributed by atoms with Gasteiger partial charge in [-0.2, -0.15) is 0 Å². The third-order valence-electron chi connectivity index (χ3n) is 3.48. The van der Waals surface area contributed by atoms with Crippen molar-refractivity contribution in [1.82, 2.24) is 9.55 Å². The van der Waals surface area contributed by atoms with Gasteiger partial charge in [-0.3, -0.25) is 4.57 Å². The lowest BCUT2D eigenvalue weighted by molar-refractivity contribution is 1.14. The number of hydrogen-bond donors (Lipinski definition) is 0. The summed E-state index contributed by atoms with van der Waals surface area (Å²) in [6.45, 7) is 5.84. The number of benzene rings is 2. The minimum absolute atomic E-state index is 0.938. The van der Waals surface area contributed by atoms with Crippen molar-refractivity contribution in [2.24, 2.45) is 0 Å². The van der Waals surface area contributed by atoms with Crippen LogP contribution in [0.4, 0.5) is 0 Å². The second-order valence-corrected chi connectivity index (χ2v) is 4.95. The first-order chi connectivity index (χ1) is 10.8. The zero-order valence-corrected chi connectivity index (χ0v) is 12.6. The van der Waals surface area contributed by atoms with E-state index in [9.17, 15) is 0 Å². The average Bonchev–Trinajstić information content (AvgIpc) is 2.95. The summed E-state index contributed by atoms with van der Waals surface area (Å²) in [6, 6.07) is 18.4. The molecule has 2 nitrogen and oxygen atoms in total. The molecule has 0 bridgehead atoms. The number of imidazole rings is 1. The lowest BCUT2D eigenvalue weighted by Crippen LogP contribution is -1.98. The number of aromatic nitrogens is 2. The summed E-state index contributed by atoms with van der Waals surface area (Å²) in [4.78, 5) is 4.82. The van der Waals surface area contributed by atoms with Crippen LogP contribution in [0.15, 0.2) is 85.5 Å². The molecule has 0 N–H and O–H groups in total. The van der Waals surface area contributed by atoms with Crippen LogP contribution in [-0.2, 0) is 0 Å². The molecule has 0 atom stereocenters. The molecular weight excluding hydrogens is 268 g/mol. The number of allylic oxidation sites excluding steroid dienone is 5. The first-order valence-corrected chi connectivity index (χ1v) is 7.34. The Bertz CT molecular complexity index is 852. The Kier molecular flexibility index (Phi) is 4.01. The number of nitrogens with zero attached hydrogens (tertiary/aromatic N) is 2. The van der Waals surface area contributed by atoms with Crippen LogP contribution in [0.1, 0.15) is 6.92 Å². The molecule has 3 rings (SSSR count). The molecule has 0 saturated carbocycles. The van der Waals surface area contributed by atoms with Gasteiger partial charge in [-0.25, -0.2) is 4.98 Å². The molecule has 0 radical (unpaired) electrons. The number of rotatable bonds is 4. The monoisotopic (exact) mass is 286 g/mol. The fourth-order valence-electron chi connectivity index (χ4n) is 2.56. The van der Waals surface area contributed by atoms with E-state index < -0.39 is 0 Å². The van der Waals surface area contributed by atoms with Gasteiger partial charge in [0.25, 0.3) is 0 Å². The van der Waals surface area contributed by atoms with Gasteiger partial charge in [0.1, 0.15) is 5.82 Å². The van der Waals surface area contributed by atoms with Gasteiger partial charge in [0.05, 0.1) is 11.0 Å². The SMILES string of the molecule is C=C/C=C(\C=C/C)n1c(-c2ccccc2)nc2ccccc21. The van der Waals surface area contributed by atoms with Crippen LogP contribution in [0, 0.1) is 0 Å². The Morgan fingerprint density at radius 2 is 1.77 bits per heavy atom. The smallest absolute Gasteiger partial charge is 0.145 e. The minimum atomic E-state index is 0.938. The van der Waals surface area contributed by atoms with Gasteiger partial charge in [-0.15, -0.1) is 0 Å². The molecule has 0 amide bonds. The van der Waals surface area contributed by atoms with Crippen molar-refractivity contribution in [2.75, 3.05) is 0 Å². The predicted octanol–water partition coefficient (Wildman–Crippen LogP) is 5.31. The van der Waals surface area contributed by atoms with Crippen molar-refractivity contribution in [3.63, 3.8) is 0 Å². The largest absolute Gasteiger partial charge is 0.292 e.